The Bertz CT molecular complexity index is 1900. The number of nitrogens with one attached hydrogen (secondary N) is 3. The molecule has 2 heterocycles. The number of nitrogens with two attached hydrogens (primary N) is 1. The SMILES string of the molecule is Cc1cc(=Nc2ccc(NC(=O)c3ccc(C(=O)Nc4ccc(C(=O)Nc5ccc[n+](C)c5)cc4)cc3)cc2)nc(N)n1C.I.[I-]. The van der Waals surface area contributed by atoms with E-state index in [0.717, 1.165) is 5.69 Å². The number of halogens is 2. The highest BCUT2D eigenvalue weighted by molar-refractivity contribution is 14.0. The molecule has 3 aromatic carbocycles. The van der Waals surface area contributed by atoms with Crippen LogP contribution < -0.4 is 55.7 Å². The minimum atomic E-state index is -0.344. The second kappa shape index (κ2) is 16.1. The van der Waals surface area contributed by atoms with Gasteiger partial charge in [-0.1, -0.05) is 0 Å². The van der Waals surface area contributed by atoms with Crippen LogP contribution in [-0.2, 0) is 14.1 Å². The van der Waals surface area contributed by atoms with Gasteiger partial charge in [-0.05, 0) is 85.8 Å². The largest absolute Gasteiger partial charge is 1.00 e. The molecule has 46 heavy (non-hydrogen) atoms. The third-order valence-electron chi connectivity index (χ3n) is 6.82. The number of hydrogen-bond acceptors (Lipinski definition) is 6. The Labute approximate surface area is 300 Å². The molecule has 0 bridgehead atoms. The van der Waals surface area contributed by atoms with Crippen molar-refractivity contribution >= 4 is 70.4 Å². The first-order chi connectivity index (χ1) is 21.1. The Kier molecular flexibility index (Phi) is 12.5. The highest BCUT2D eigenvalue weighted by atomic mass is 127. The van der Waals surface area contributed by atoms with E-state index in [9.17, 15) is 14.4 Å². The van der Waals surface area contributed by atoms with Crippen LogP contribution in [0.1, 0.15) is 36.8 Å². The van der Waals surface area contributed by atoms with E-state index in [-0.39, 0.29) is 65.7 Å². The highest BCUT2D eigenvalue weighted by Crippen LogP contribution is 2.18. The van der Waals surface area contributed by atoms with Gasteiger partial charge in [-0.2, -0.15) is 4.98 Å². The van der Waals surface area contributed by atoms with Gasteiger partial charge in [0.25, 0.3) is 17.7 Å². The number of aromatic nitrogens is 3. The molecule has 5 aromatic rings. The molecule has 0 radical (unpaired) electrons. The molecule has 5 rings (SSSR count). The molecule has 0 saturated heterocycles. The Morgan fingerprint density at radius 1 is 0.761 bits per heavy atom. The summed E-state index contributed by atoms with van der Waals surface area (Å²) in [7, 11) is 3.70. The first-order valence-corrected chi connectivity index (χ1v) is 13.7. The van der Waals surface area contributed by atoms with Crippen LogP contribution in [0, 0.1) is 6.92 Å². The number of pyridine rings is 1. The van der Waals surface area contributed by atoms with E-state index in [2.05, 4.69) is 25.9 Å². The molecule has 0 unspecified atom stereocenters. The van der Waals surface area contributed by atoms with E-state index in [4.69, 9.17) is 5.73 Å². The summed E-state index contributed by atoms with van der Waals surface area (Å²) in [5.74, 6) is -0.553. The topological polar surface area (TPSA) is 147 Å². The number of benzene rings is 3. The standard InChI is InChI=1S/C33H30N8O3.2HI/c1-21-19-29(39-33(34)41(21)3)35-25-14-16-27(17-15-25)37-31(43)23-8-6-22(7-9-23)30(42)36-26-12-10-24(11-13-26)32(44)38-28-5-4-18-40(2)20-28;;/h4-20H,1-3H3,(H4-,34,35,36,37,38,39,42,43,44);2*1H. The molecule has 0 fully saturated rings. The average Bonchev–Trinajstić information content (AvgIpc) is 3.01. The molecule has 0 aliphatic carbocycles. The molecule has 236 valence electrons. The quantitative estimate of drug-likeness (QED) is 0.146. The number of nitrogen functional groups attached to an aromatic ring is 1. The van der Waals surface area contributed by atoms with E-state index in [0.29, 0.717) is 50.9 Å². The van der Waals surface area contributed by atoms with Crippen molar-refractivity contribution in [3.63, 3.8) is 0 Å². The van der Waals surface area contributed by atoms with Crippen molar-refractivity contribution in [1.82, 2.24) is 9.55 Å². The summed E-state index contributed by atoms with van der Waals surface area (Å²) in [6.07, 6.45) is 3.68. The molecule has 11 nitrogen and oxygen atoms in total. The number of carbonyl (C=O) groups excluding carboxylic acids is 3. The Hall–Kier alpha value is -4.64. The average molecular weight is 842 g/mol. The predicted molar refractivity (Wildman–Crippen MR) is 184 cm³/mol. The first kappa shape index (κ1) is 35.8. The molecule has 2 aromatic heterocycles. The summed E-state index contributed by atoms with van der Waals surface area (Å²) >= 11 is 0. The smallest absolute Gasteiger partial charge is 0.255 e. The summed E-state index contributed by atoms with van der Waals surface area (Å²) < 4.78 is 3.61. The molecule has 5 N–H and O–H groups in total. The summed E-state index contributed by atoms with van der Waals surface area (Å²) in [6, 6.07) is 25.4. The second-order valence-electron chi connectivity index (χ2n) is 10.1. The van der Waals surface area contributed by atoms with Crippen LogP contribution in [0.3, 0.4) is 0 Å². The zero-order valence-electron chi connectivity index (χ0n) is 25.2. The molecule has 0 aliphatic heterocycles. The van der Waals surface area contributed by atoms with Crippen molar-refractivity contribution < 1.29 is 42.9 Å². The summed E-state index contributed by atoms with van der Waals surface area (Å²) in [5, 5.41) is 8.49. The number of nitrogens with zero attached hydrogens (tertiary/aromatic N) is 4. The highest BCUT2D eigenvalue weighted by Gasteiger charge is 2.12. The second-order valence-corrected chi connectivity index (χ2v) is 10.1. The van der Waals surface area contributed by atoms with Gasteiger partial charge in [0, 0.05) is 52.9 Å². The zero-order chi connectivity index (χ0) is 31.2. The van der Waals surface area contributed by atoms with Gasteiger partial charge in [0.2, 0.25) is 5.95 Å². The summed E-state index contributed by atoms with van der Waals surface area (Å²) in [5.41, 5.74) is 11.0. The molecular weight excluding hydrogens is 810 g/mol. The molecule has 3 amide bonds. The van der Waals surface area contributed by atoms with E-state index in [1.165, 1.54) is 0 Å². The lowest BCUT2D eigenvalue weighted by Gasteiger charge is -2.09. The third kappa shape index (κ3) is 9.20. The number of carbonyl (C=O) groups is 3. The van der Waals surface area contributed by atoms with Crippen molar-refractivity contribution in [3.8, 4) is 0 Å². The zero-order valence-corrected chi connectivity index (χ0v) is 29.7. The Morgan fingerprint density at radius 3 is 1.70 bits per heavy atom. The van der Waals surface area contributed by atoms with Gasteiger partial charge < -0.3 is 50.2 Å². The normalized spacial score (nSPS) is 10.6. The van der Waals surface area contributed by atoms with Gasteiger partial charge in [-0.3, -0.25) is 14.4 Å². The van der Waals surface area contributed by atoms with Gasteiger partial charge in [-0.25, -0.2) is 9.56 Å². The fourth-order valence-electron chi connectivity index (χ4n) is 4.25. The van der Waals surface area contributed by atoms with E-state index >= 15 is 0 Å². The fourth-order valence-corrected chi connectivity index (χ4v) is 4.25. The van der Waals surface area contributed by atoms with Crippen molar-refractivity contribution in [2.24, 2.45) is 19.1 Å². The summed E-state index contributed by atoms with van der Waals surface area (Å²) in [6.45, 7) is 1.92. The lowest BCUT2D eigenvalue weighted by Crippen LogP contribution is -3.00. The lowest BCUT2D eigenvalue weighted by molar-refractivity contribution is -0.670. The first-order valence-electron chi connectivity index (χ1n) is 13.7. The van der Waals surface area contributed by atoms with Crippen molar-refractivity contribution in [2.75, 3.05) is 21.7 Å². The Balaban J connectivity index is 0.00000288. The van der Waals surface area contributed by atoms with Gasteiger partial charge in [-0.15, -0.1) is 24.0 Å². The molecule has 0 atom stereocenters. The monoisotopic (exact) mass is 842 g/mol. The van der Waals surface area contributed by atoms with Gasteiger partial charge in [0.15, 0.2) is 17.9 Å². The van der Waals surface area contributed by atoms with E-state index in [1.54, 1.807) is 89.6 Å². The van der Waals surface area contributed by atoms with Crippen LogP contribution in [0.5, 0.6) is 0 Å². The van der Waals surface area contributed by atoms with Crippen molar-refractivity contribution in [1.29, 1.82) is 0 Å². The maximum atomic E-state index is 12.8. The minimum absolute atomic E-state index is 0. The van der Waals surface area contributed by atoms with Gasteiger partial charge >= 0.3 is 0 Å². The number of amides is 3. The van der Waals surface area contributed by atoms with Crippen LogP contribution in [0.25, 0.3) is 0 Å². The number of rotatable bonds is 7. The minimum Gasteiger partial charge on any atom is -1.00 e. The van der Waals surface area contributed by atoms with Crippen molar-refractivity contribution in [3.05, 3.63) is 131 Å². The van der Waals surface area contributed by atoms with Crippen LogP contribution in [0.4, 0.5) is 28.7 Å². The molecule has 0 saturated carbocycles. The summed E-state index contributed by atoms with van der Waals surface area (Å²) in [4.78, 5) is 46.9. The molecular formula is C33H32I2N8O3. The maximum Gasteiger partial charge on any atom is 0.255 e. The number of anilines is 4. The van der Waals surface area contributed by atoms with Crippen LogP contribution in [0.15, 0.2) is 108 Å². The van der Waals surface area contributed by atoms with Crippen LogP contribution >= 0.6 is 24.0 Å². The van der Waals surface area contributed by atoms with E-state index in [1.807, 2.05) is 43.9 Å². The number of aryl methyl sites for hydroxylation is 2. The van der Waals surface area contributed by atoms with Gasteiger partial charge in [0.05, 0.1) is 5.69 Å². The Morgan fingerprint density at radius 2 is 1.22 bits per heavy atom. The number of hydrogen-bond donors (Lipinski definition) is 4. The maximum absolute atomic E-state index is 12.8. The van der Waals surface area contributed by atoms with Crippen LogP contribution in [0.2, 0.25) is 0 Å². The molecule has 13 heteroatoms. The van der Waals surface area contributed by atoms with Crippen LogP contribution in [-0.4, -0.2) is 27.3 Å². The molecule has 0 spiro atoms. The fraction of sp³-hybridized carbons (Fsp3) is 0.0909. The van der Waals surface area contributed by atoms with Crippen molar-refractivity contribution in [2.45, 2.75) is 6.92 Å². The predicted octanol–water partition coefficient (Wildman–Crippen LogP) is 1.75. The molecule has 0 aliphatic rings. The lowest BCUT2D eigenvalue weighted by atomic mass is 10.1. The van der Waals surface area contributed by atoms with Gasteiger partial charge in [0.1, 0.15) is 12.7 Å². The van der Waals surface area contributed by atoms with E-state index < -0.39 is 0 Å². The third-order valence-corrected chi connectivity index (χ3v) is 6.82.